The number of aryl methyl sites for hydroxylation is 1. The molecule has 0 aromatic carbocycles. The number of fused-ring (bicyclic) bond motifs is 1. The number of allylic oxidation sites excluding steroid dienone is 1. The van der Waals surface area contributed by atoms with E-state index < -0.39 is 5.97 Å². The van der Waals surface area contributed by atoms with Crippen LogP contribution in [0.3, 0.4) is 0 Å². The Balaban J connectivity index is 2.46. The first-order chi connectivity index (χ1) is 7.09. The first kappa shape index (κ1) is 9.96. The van der Waals surface area contributed by atoms with Gasteiger partial charge in [-0.15, -0.1) is 0 Å². The van der Waals surface area contributed by atoms with Crippen LogP contribution in [0, 0.1) is 0 Å². The number of hydrogen-bond acceptors (Lipinski definition) is 2. The molecule has 0 bridgehead atoms. The van der Waals surface area contributed by atoms with Crippen LogP contribution in [0.5, 0.6) is 0 Å². The third kappa shape index (κ3) is 1.67. The molecule has 2 rings (SSSR count). The fraction of sp³-hybridized carbons (Fsp3) is 0.455. The molecule has 0 saturated carbocycles. The number of aromatic nitrogens is 2. The first-order valence-corrected chi connectivity index (χ1v) is 5.06. The van der Waals surface area contributed by atoms with Crippen molar-refractivity contribution in [3.63, 3.8) is 0 Å². The maximum Gasteiger partial charge on any atom is 0.354 e. The molecule has 0 spiro atoms. The van der Waals surface area contributed by atoms with Crippen LogP contribution >= 0.6 is 0 Å². The van der Waals surface area contributed by atoms with E-state index in [1.807, 2.05) is 6.92 Å². The summed E-state index contributed by atoms with van der Waals surface area (Å²) in [6.07, 6.45) is 2.76. The molecule has 0 atom stereocenters. The summed E-state index contributed by atoms with van der Waals surface area (Å²) in [5, 5.41) is 13.5. The molecule has 0 radical (unpaired) electrons. The second-order valence-corrected chi connectivity index (χ2v) is 4.05. The zero-order chi connectivity index (χ0) is 11.0. The number of carboxylic acids is 1. The van der Waals surface area contributed by atoms with Crippen LogP contribution in [0.15, 0.2) is 12.2 Å². The van der Waals surface area contributed by atoms with Crippen molar-refractivity contribution in [3.8, 4) is 0 Å². The zero-order valence-electron chi connectivity index (χ0n) is 8.79. The lowest BCUT2D eigenvalue weighted by Gasteiger charge is -2.04. The second-order valence-electron chi connectivity index (χ2n) is 4.05. The lowest BCUT2D eigenvalue weighted by molar-refractivity contribution is 0.0682. The van der Waals surface area contributed by atoms with Crippen molar-refractivity contribution in [3.05, 3.63) is 29.1 Å². The van der Waals surface area contributed by atoms with E-state index in [0.717, 1.165) is 36.1 Å². The molecule has 4 nitrogen and oxygen atoms in total. The van der Waals surface area contributed by atoms with E-state index in [0.29, 0.717) is 12.2 Å². The highest BCUT2D eigenvalue weighted by Crippen LogP contribution is 2.25. The van der Waals surface area contributed by atoms with E-state index >= 15 is 0 Å². The Morgan fingerprint density at radius 2 is 2.33 bits per heavy atom. The van der Waals surface area contributed by atoms with Crippen molar-refractivity contribution in [2.75, 3.05) is 0 Å². The van der Waals surface area contributed by atoms with Crippen LogP contribution in [0.1, 0.15) is 35.1 Å². The minimum absolute atomic E-state index is 0.352. The highest BCUT2D eigenvalue weighted by atomic mass is 16.4. The van der Waals surface area contributed by atoms with Crippen molar-refractivity contribution in [2.24, 2.45) is 0 Å². The van der Waals surface area contributed by atoms with Crippen molar-refractivity contribution in [2.45, 2.75) is 32.7 Å². The molecule has 1 aromatic heterocycles. The fourth-order valence-electron chi connectivity index (χ4n) is 2.05. The maximum atomic E-state index is 11.1. The van der Waals surface area contributed by atoms with Crippen molar-refractivity contribution < 1.29 is 9.90 Å². The Morgan fingerprint density at radius 3 is 2.93 bits per heavy atom. The molecule has 1 aliphatic carbocycles. The average Bonchev–Trinajstić information content (AvgIpc) is 2.60. The maximum absolute atomic E-state index is 11.1. The minimum Gasteiger partial charge on any atom is -0.477 e. The summed E-state index contributed by atoms with van der Waals surface area (Å²) >= 11 is 0. The molecule has 0 unspecified atom stereocenters. The Hall–Kier alpha value is -1.58. The predicted octanol–water partition coefficient (Wildman–Crippen LogP) is 1.65. The van der Waals surface area contributed by atoms with Crippen LogP contribution in [0.25, 0.3) is 0 Å². The Labute approximate surface area is 88.2 Å². The Morgan fingerprint density at radius 1 is 1.60 bits per heavy atom. The Bertz CT molecular complexity index is 432. The zero-order valence-corrected chi connectivity index (χ0v) is 8.79. The van der Waals surface area contributed by atoms with Crippen LogP contribution in [-0.4, -0.2) is 20.9 Å². The lowest BCUT2D eigenvalue weighted by atomic mass is 10.2. The molecule has 0 saturated heterocycles. The topological polar surface area (TPSA) is 55.1 Å². The van der Waals surface area contributed by atoms with E-state index in [9.17, 15) is 4.79 Å². The van der Waals surface area contributed by atoms with Gasteiger partial charge in [-0.05, 0) is 26.2 Å². The smallest absolute Gasteiger partial charge is 0.354 e. The van der Waals surface area contributed by atoms with E-state index in [-0.39, 0.29) is 0 Å². The summed E-state index contributed by atoms with van der Waals surface area (Å²) in [6, 6.07) is 0. The predicted molar refractivity (Wildman–Crippen MR) is 56.0 cm³/mol. The van der Waals surface area contributed by atoms with E-state index in [2.05, 4.69) is 11.7 Å². The fourth-order valence-corrected chi connectivity index (χ4v) is 2.05. The largest absolute Gasteiger partial charge is 0.477 e. The summed E-state index contributed by atoms with van der Waals surface area (Å²) in [7, 11) is 0. The minimum atomic E-state index is -0.882. The number of hydrogen-bond donors (Lipinski definition) is 1. The van der Waals surface area contributed by atoms with Gasteiger partial charge in [-0.3, -0.25) is 4.68 Å². The van der Waals surface area contributed by atoms with Gasteiger partial charge >= 0.3 is 5.97 Å². The summed E-state index contributed by atoms with van der Waals surface area (Å²) in [5.41, 5.74) is 3.14. The van der Waals surface area contributed by atoms with Crippen LogP contribution < -0.4 is 0 Å². The van der Waals surface area contributed by atoms with Gasteiger partial charge in [0.15, 0.2) is 0 Å². The SMILES string of the molecule is C=C(C)Cn1nc2c(c1C(=O)O)CCC2. The molecular weight excluding hydrogens is 192 g/mol. The monoisotopic (exact) mass is 206 g/mol. The van der Waals surface area contributed by atoms with Crippen LogP contribution in [-0.2, 0) is 19.4 Å². The first-order valence-electron chi connectivity index (χ1n) is 5.06. The molecule has 1 heterocycles. The van der Waals surface area contributed by atoms with Gasteiger partial charge in [0.2, 0.25) is 0 Å². The molecule has 0 amide bonds. The van der Waals surface area contributed by atoms with Gasteiger partial charge < -0.3 is 5.11 Å². The summed E-state index contributed by atoms with van der Waals surface area (Å²) in [6.45, 7) is 6.15. The number of carbonyl (C=O) groups is 1. The van der Waals surface area contributed by atoms with Crippen molar-refractivity contribution >= 4 is 5.97 Å². The van der Waals surface area contributed by atoms with Crippen LogP contribution in [0.2, 0.25) is 0 Å². The van der Waals surface area contributed by atoms with Gasteiger partial charge in [-0.2, -0.15) is 5.10 Å². The third-order valence-electron chi connectivity index (χ3n) is 2.60. The molecule has 0 aliphatic heterocycles. The molecule has 15 heavy (non-hydrogen) atoms. The third-order valence-corrected chi connectivity index (χ3v) is 2.60. The van der Waals surface area contributed by atoms with E-state index in [1.54, 1.807) is 4.68 Å². The number of aromatic carboxylic acids is 1. The molecule has 4 heteroatoms. The van der Waals surface area contributed by atoms with Gasteiger partial charge in [0.25, 0.3) is 0 Å². The van der Waals surface area contributed by atoms with E-state index in [1.165, 1.54) is 0 Å². The lowest BCUT2D eigenvalue weighted by Crippen LogP contribution is -2.12. The quantitative estimate of drug-likeness (QED) is 0.765. The molecule has 0 fully saturated rings. The highest BCUT2D eigenvalue weighted by molar-refractivity contribution is 5.88. The molecular formula is C11H14N2O2. The Kier molecular flexibility index (Phi) is 2.34. The molecule has 1 N–H and O–H groups in total. The number of nitrogens with zero attached hydrogens (tertiary/aromatic N) is 2. The van der Waals surface area contributed by atoms with Gasteiger partial charge in [0.05, 0.1) is 12.2 Å². The van der Waals surface area contributed by atoms with Crippen molar-refractivity contribution in [1.82, 2.24) is 9.78 Å². The summed E-state index contributed by atoms with van der Waals surface area (Å²) in [4.78, 5) is 11.1. The summed E-state index contributed by atoms with van der Waals surface area (Å²) in [5.74, 6) is -0.882. The average molecular weight is 206 g/mol. The van der Waals surface area contributed by atoms with Crippen molar-refractivity contribution in [1.29, 1.82) is 0 Å². The van der Waals surface area contributed by atoms with Gasteiger partial charge in [0.1, 0.15) is 5.69 Å². The summed E-state index contributed by atoms with van der Waals surface area (Å²) < 4.78 is 1.56. The molecule has 1 aromatic rings. The number of rotatable bonds is 3. The van der Waals surface area contributed by atoms with Gasteiger partial charge in [-0.1, -0.05) is 12.2 Å². The second kappa shape index (κ2) is 3.53. The van der Waals surface area contributed by atoms with Crippen LogP contribution in [0.4, 0.5) is 0 Å². The standard InChI is InChI=1S/C11H14N2O2/c1-7(2)6-13-10(11(14)15)8-4-3-5-9(8)12-13/h1,3-6H2,2H3,(H,14,15). The molecule has 1 aliphatic rings. The van der Waals surface area contributed by atoms with Gasteiger partial charge in [0, 0.05) is 5.56 Å². The normalized spacial score (nSPS) is 13.9. The van der Waals surface area contributed by atoms with E-state index in [4.69, 9.17) is 5.11 Å². The highest BCUT2D eigenvalue weighted by Gasteiger charge is 2.25. The molecule has 80 valence electrons. The number of carboxylic acid groups (broad SMARTS) is 1. The van der Waals surface area contributed by atoms with Gasteiger partial charge in [-0.25, -0.2) is 4.79 Å².